The Morgan fingerprint density at radius 3 is 2.57 bits per heavy atom. The van der Waals surface area contributed by atoms with Crippen LogP contribution in [0.2, 0.25) is 0 Å². The number of sulfonamides is 1. The highest BCUT2D eigenvalue weighted by Crippen LogP contribution is 2.33. The highest BCUT2D eigenvalue weighted by molar-refractivity contribution is 9.11. The third kappa shape index (κ3) is 3.87. The zero-order valence-electron chi connectivity index (χ0n) is 11.2. The standard InChI is InChI=1S/C13H14Br2N2O2S2/c1-2-8-5-9(14)3-4-11(8)17-21(18,19)12-6-10(7-16)20-13(12)15/h3-6,17H,2,7,16H2,1H3. The third-order valence-electron chi connectivity index (χ3n) is 2.89. The molecular formula is C13H14Br2N2O2S2. The molecule has 2 rings (SSSR count). The summed E-state index contributed by atoms with van der Waals surface area (Å²) in [4.78, 5) is 1.03. The molecule has 0 saturated heterocycles. The lowest BCUT2D eigenvalue weighted by molar-refractivity contribution is 0.601. The van der Waals surface area contributed by atoms with E-state index in [0.717, 1.165) is 21.3 Å². The monoisotopic (exact) mass is 452 g/mol. The van der Waals surface area contributed by atoms with Crippen LogP contribution in [-0.2, 0) is 23.0 Å². The molecule has 0 saturated carbocycles. The Hall–Kier alpha value is -0.410. The summed E-state index contributed by atoms with van der Waals surface area (Å²) in [5, 5.41) is 0. The van der Waals surface area contributed by atoms with Gasteiger partial charge in [0.1, 0.15) is 4.90 Å². The van der Waals surface area contributed by atoms with Crippen LogP contribution in [-0.4, -0.2) is 8.42 Å². The van der Waals surface area contributed by atoms with Gasteiger partial charge in [0.05, 0.1) is 9.47 Å². The fraction of sp³-hybridized carbons (Fsp3) is 0.231. The van der Waals surface area contributed by atoms with Crippen LogP contribution in [0.5, 0.6) is 0 Å². The van der Waals surface area contributed by atoms with E-state index in [1.807, 2.05) is 19.1 Å². The van der Waals surface area contributed by atoms with Gasteiger partial charge in [-0.1, -0.05) is 22.9 Å². The molecule has 2 aromatic rings. The average Bonchev–Trinajstić information content (AvgIpc) is 2.82. The second kappa shape index (κ2) is 6.78. The van der Waals surface area contributed by atoms with Crippen molar-refractivity contribution in [2.75, 3.05) is 4.72 Å². The number of aryl methyl sites for hydroxylation is 1. The lowest BCUT2D eigenvalue weighted by atomic mass is 10.1. The summed E-state index contributed by atoms with van der Waals surface area (Å²) in [6, 6.07) is 7.07. The summed E-state index contributed by atoms with van der Waals surface area (Å²) < 4.78 is 29.2. The number of thiophene rings is 1. The van der Waals surface area contributed by atoms with Crippen LogP contribution >= 0.6 is 43.2 Å². The average molecular weight is 454 g/mol. The van der Waals surface area contributed by atoms with Crippen molar-refractivity contribution in [1.29, 1.82) is 0 Å². The molecule has 0 spiro atoms. The molecule has 0 atom stereocenters. The minimum Gasteiger partial charge on any atom is -0.326 e. The predicted octanol–water partition coefficient (Wildman–Crippen LogP) is 4.10. The van der Waals surface area contributed by atoms with Gasteiger partial charge < -0.3 is 5.73 Å². The summed E-state index contributed by atoms with van der Waals surface area (Å²) in [5.74, 6) is 0. The van der Waals surface area contributed by atoms with Crippen LogP contribution < -0.4 is 10.5 Å². The molecule has 8 heteroatoms. The number of hydrogen-bond donors (Lipinski definition) is 2. The first-order valence-corrected chi connectivity index (χ1v) is 10.1. The van der Waals surface area contributed by atoms with E-state index in [4.69, 9.17) is 5.73 Å². The fourth-order valence-electron chi connectivity index (χ4n) is 1.84. The SMILES string of the molecule is CCc1cc(Br)ccc1NS(=O)(=O)c1cc(CN)sc1Br. The molecule has 0 fully saturated rings. The van der Waals surface area contributed by atoms with Crippen molar-refractivity contribution in [3.8, 4) is 0 Å². The topological polar surface area (TPSA) is 72.2 Å². The van der Waals surface area contributed by atoms with Crippen LogP contribution in [0.4, 0.5) is 5.69 Å². The van der Waals surface area contributed by atoms with E-state index in [1.54, 1.807) is 12.1 Å². The van der Waals surface area contributed by atoms with Crippen molar-refractivity contribution < 1.29 is 8.42 Å². The molecule has 21 heavy (non-hydrogen) atoms. The number of rotatable bonds is 5. The first kappa shape index (κ1) is 17.0. The summed E-state index contributed by atoms with van der Waals surface area (Å²) in [6.07, 6.45) is 0.732. The minimum atomic E-state index is -3.64. The van der Waals surface area contributed by atoms with Gasteiger partial charge in [-0.05, 0) is 52.2 Å². The van der Waals surface area contributed by atoms with Gasteiger partial charge in [-0.3, -0.25) is 4.72 Å². The number of nitrogens with one attached hydrogen (secondary N) is 1. The quantitative estimate of drug-likeness (QED) is 0.715. The molecule has 114 valence electrons. The van der Waals surface area contributed by atoms with E-state index in [9.17, 15) is 8.42 Å². The largest absolute Gasteiger partial charge is 0.326 e. The predicted molar refractivity (Wildman–Crippen MR) is 94.2 cm³/mol. The molecule has 0 aliphatic heterocycles. The maximum Gasteiger partial charge on any atom is 0.263 e. The van der Waals surface area contributed by atoms with Crippen LogP contribution in [0.3, 0.4) is 0 Å². The number of benzene rings is 1. The van der Waals surface area contributed by atoms with Gasteiger partial charge in [-0.2, -0.15) is 0 Å². The van der Waals surface area contributed by atoms with Gasteiger partial charge in [0.25, 0.3) is 10.0 Å². The van der Waals surface area contributed by atoms with Crippen molar-refractivity contribution >= 4 is 58.9 Å². The van der Waals surface area contributed by atoms with E-state index < -0.39 is 10.0 Å². The summed E-state index contributed by atoms with van der Waals surface area (Å²) >= 11 is 8.01. The van der Waals surface area contributed by atoms with Gasteiger partial charge in [-0.25, -0.2) is 8.42 Å². The Kier molecular flexibility index (Phi) is 5.48. The third-order valence-corrected chi connectivity index (χ3v) is 7.02. The first-order chi connectivity index (χ1) is 9.87. The zero-order chi connectivity index (χ0) is 15.6. The first-order valence-electron chi connectivity index (χ1n) is 6.17. The zero-order valence-corrected chi connectivity index (χ0v) is 16.0. The minimum absolute atomic E-state index is 0.220. The molecule has 4 nitrogen and oxygen atoms in total. The molecule has 0 aliphatic carbocycles. The van der Waals surface area contributed by atoms with Gasteiger partial charge in [0.2, 0.25) is 0 Å². The van der Waals surface area contributed by atoms with Crippen LogP contribution in [0, 0.1) is 0 Å². The van der Waals surface area contributed by atoms with Crippen molar-refractivity contribution in [3.63, 3.8) is 0 Å². The smallest absolute Gasteiger partial charge is 0.263 e. The molecule has 1 aromatic carbocycles. The molecule has 0 aliphatic rings. The highest BCUT2D eigenvalue weighted by Gasteiger charge is 2.21. The Morgan fingerprint density at radius 2 is 2.00 bits per heavy atom. The molecular weight excluding hydrogens is 440 g/mol. The van der Waals surface area contributed by atoms with E-state index >= 15 is 0 Å². The second-order valence-corrected chi connectivity index (χ2v) is 9.34. The van der Waals surface area contributed by atoms with Crippen molar-refractivity contribution in [1.82, 2.24) is 0 Å². The molecule has 0 unspecified atom stereocenters. The molecule has 3 N–H and O–H groups in total. The van der Waals surface area contributed by atoms with Crippen LogP contribution in [0.15, 0.2) is 37.4 Å². The lowest BCUT2D eigenvalue weighted by Crippen LogP contribution is -2.14. The van der Waals surface area contributed by atoms with Crippen LogP contribution in [0.1, 0.15) is 17.4 Å². The second-order valence-electron chi connectivity index (χ2n) is 4.32. The summed E-state index contributed by atoms with van der Waals surface area (Å²) in [6.45, 7) is 2.30. The molecule has 1 heterocycles. The molecule has 1 aromatic heterocycles. The number of halogens is 2. The Balaban J connectivity index is 2.39. The van der Waals surface area contributed by atoms with Crippen molar-refractivity contribution in [3.05, 3.63) is 43.0 Å². The van der Waals surface area contributed by atoms with Crippen molar-refractivity contribution in [2.24, 2.45) is 5.73 Å². The Bertz CT molecular complexity index is 758. The van der Waals surface area contributed by atoms with E-state index in [0.29, 0.717) is 16.0 Å². The van der Waals surface area contributed by atoms with Gasteiger partial charge in [-0.15, -0.1) is 11.3 Å². The number of hydrogen-bond acceptors (Lipinski definition) is 4. The normalized spacial score (nSPS) is 11.6. The molecule has 0 radical (unpaired) electrons. The fourth-order valence-corrected chi connectivity index (χ4v) is 5.91. The maximum atomic E-state index is 12.5. The number of anilines is 1. The lowest BCUT2D eigenvalue weighted by Gasteiger charge is -2.11. The highest BCUT2D eigenvalue weighted by atomic mass is 79.9. The van der Waals surface area contributed by atoms with E-state index in [2.05, 4.69) is 36.6 Å². The summed E-state index contributed by atoms with van der Waals surface area (Å²) in [7, 11) is -3.64. The van der Waals surface area contributed by atoms with E-state index in [-0.39, 0.29) is 4.90 Å². The van der Waals surface area contributed by atoms with Crippen LogP contribution in [0.25, 0.3) is 0 Å². The Labute approximate surface area is 145 Å². The van der Waals surface area contributed by atoms with Gasteiger partial charge in [0, 0.05) is 15.9 Å². The van der Waals surface area contributed by atoms with Gasteiger partial charge in [0.15, 0.2) is 0 Å². The van der Waals surface area contributed by atoms with E-state index in [1.165, 1.54) is 11.3 Å². The summed E-state index contributed by atoms with van der Waals surface area (Å²) in [5.41, 5.74) is 7.08. The molecule has 0 bridgehead atoms. The van der Waals surface area contributed by atoms with Gasteiger partial charge >= 0.3 is 0 Å². The maximum absolute atomic E-state index is 12.5. The van der Waals surface area contributed by atoms with Crippen molar-refractivity contribution in [2.45, 2.75) is 24.8 Å². The Morgan fingerprint density at radius 1 is 1.29 bits per heavy atom. The molecule has 0 amide bonds. The number of nitrogens with two attached hydrogens (primary N) is 1.